The molecule has 1 fully saturated rings. The van der Waals surface area contributed by atoms with Gasteiger partial charge in [0.25, 0.3) is 0 Å². The van der Waals surface area contributed by atoms with Crippen molar-refractivity contribution >= 4 is 31.9 Å². The quantitative estimate of drug-likeness (QED) is 0.861. The van der Waals surface area contributed by atoms with Gasteiger partial charge in [-0.1, -0.05) is 13.0 Å². The Morgan fingerprint density at radius 3 is 2.69 bits per heavy atom. The molecule has 0 aliphatic carbocycles. The van der Waals surface area contributed by atoms with Crippen molar-refractivity contribution in [1.29, 1.82) is 0 Å². The lowest BCUT2D eigenvalue weighted by atomic mass is 9.87. The van der Waals surface area contributed by atoms with Crippen molar-refractivity contribution in [3.05, 3.63) is 32.7 Å². The van der Waals surface area contributed by atoms with E-state index in [1.54, 1.807) is 0 Å². The van der Waals surface area contributed by atoms with Gasteiger partial charge in [-0.15, -0.1) is 0 Å². The summed E-state index contributed by atoms with van der Waals surface area (Å²) in [4.78, 5) is 0. The Hall–Kier alpha value is 0.140. The van der Waals surface area contributed by atoms with Crippen LogP contribution in [0.25, 0.3) is 0 Å². The van der Waals surface area contributed by atoms with E-state index < -0.39 is 0 Å². The van der Waals surface area contributed by atoms with E-state index >= 15 is 0 Å². The predicted octanol–water partition coefficient (Wildman–Crippen LogP) is 4.29. The van der Waals surface area contributed by atoms with Crippen molar-refractivity contribution in [2.24, 2.45) is 0 Å². The molecule has 0 spiro atoms. The highest BCUT2D eigenvalue weighted by molar-refractivity contribution is 9.13. The van der Waals surface area contributed by atoms with E-state index in [2.05, 4.69) is 62.3 Å². The Labute approximate surface area is 114 Å². The summed E-state index contributed by atoms with van der Waals surface area (Å²) in [6.07, 6.45) is 4.96. The van der Waals surface area contributed by atoms with Gasteiger partial charge in [0.2, 0.25) is 0 Å². The first kappa shape index (κ1) is 12.6. The molecule has 1 nitrogen and oxygen atoms in total. The van der Waals surface area contributed by atoms with Gasteiger partial charge in [-0.05, 0) is 81.8 Å². The van der Waals surface area contributed by atoms with Crippen LogP contribution in [-0.2, 0) is 6.42 Å². The lowest BCUT2D eigenvalue weighted by molar-refractivity contribution is 0.360. The molecule has 88 valence electrons. The standard InChI is InChI=1S/C13H17Br2N/c1-2-13(6-3-7-16-13)9-10-4-5-11(14)12(15)8-10/h4-5,8,16H,2-3,6-7,9H2,1H3. The molecule has 0 radical (unpaired) electrons. The average Bonchev–Trinajstić information content (AvgIpc) is 2.73. The van der Waals surface area contributed by atoms with Gasteiger partial charge in [0.05, 0.1) is 0 Å². The van der Waals surface area contributed by atoms with Gasteiger partial charge in [-0.2, -0.15) is 0 Å². The minimum absolute atomic E-state index is 0.341. The number of benzene rings is 1. The van der Waals surface area contributed by atoms with E-state index in [9.17, 15) is 0 Å². The first-order valence-electron chi connectivity index (χ1n) is 5.84. The summed E-state index contributed by atoms with van der Waals surface area (Å²) in [5.41, 5.74) is 1.75. The second-order valence-electron chi connectivity index (χ2n) is 4.59. The molecular formula is C13H17Br2N. The Kier molecular flexibility index (Phi) is 4.09. The molecule has 3 heteroatoms. The topological polar surface area (TPSA) is 12.0 Å². The summed E-state index contributed by atoms with van der Waals surface area (Å²) in [7, 11) is 0. The van der Waals surface area contributed by atoms with Crippen LogP contribution in [0.3, 0.4) is 0 Å². The molecule has 2 rings (SSSR count). The van der Waals surface area contributed by atoms with Gasteiger partial charge in [-0.25, -0.2) is 0 Å². The molecule has 1 heterocycles. The SMILES string of the molecule is CCC1(Cc2ccc(Br)c(Br)c2)CCCN1. The molecule has 1 saturated heterocycles. The van der Waals surface area contributed by atoms with Crippen LogP contribution in [0.2, 0.25) is 0 Å². The molecule has 1 aliphatic rings. The number of rotatable bonds is 3. The van der Waals surface area contributed by atoms with Crippen LogP contribution in [0.4, 0.5) is 0 Å². The summed E-state index contributed by atoms with van der Waals surface area (Å²) in [5, 5.41) is 3.68. The highest BCUT2D eigenvalue weighted by Gasteiger charge is 2.31. The lowest BCUT2D eigenvalue weighted by Gasteiger charge is -2.28. The molecule has 1 aliphatic heterocycles. The Morgan fingerprint density at radius 2 is 2.12 bits per heavy atom. The zero-order chi connectivity index (χ0) is 11.6. The molecule has 0 bridgehead atoms. The van der Waals surface area contributed by atoms with E-state index in [0.717, 1.165) is 15.4 Å². The summed E-state index contributed by atoms with van der Waals surface area (Å²) < 4.78 is 2.27. The summed E-state index contributed by atoms with van der Waals surface area (Å²) in [6.45, 7) is 3.46. The van der Waals surface area contributed by atoms with Crippen molar-refractivity contribution < 1.29 is 0 Å². The molecule has 16 heavy (non-hydrogen) atoms. The largest absolute Gasteiger partial charge is 0.311 e. The zero-order valence-corrected chi connectivity index (χ0v) is 12.7. The molecule has 0 aromatic heterocycles. The van der Waals surface area contributed by atoms with E-state index in [1.807, 2.05) is 0 Å². The molecule has 1 atom stereocenters. The zero-order valence-electron chi connectivity index (χ0n) is 9.52. The maximum atomic E-state index is 3.68. The first-order chi connectivity index (χ1) is 7.65. The second-order valence-corrected chi connectivity index (χ2v) is 6.30. The molecule has 0 amide bonds. The average molecular weight is 347 g/mol. The molecule has 1 aromatic rings. The first-order valence-corrected chi connectivity index (χ1v) is 7.43. The Balaban J connectivity index is 2.16. The maximum Gasteiger partial charge on any atom is 0.0320 e. The fourth-order valence-electron chi connectivity index (χ4n) is 2.49. The van der Waals surface area contributed by atoms with Crippen LogP contribution in [0.5, 0.6) is 0 Å². The minimum atomic E-state index is 0.341. The third kappa shape index (κ3) is 2.69. The van der Waals surface area contributed by atoms with Crippen LogP contribution in [0.15, 0.2) is 27.1 Å². The number of hydrogen-bond donors (Lipinski definition) is 1. The van der Waals surface area contributed by atoms with E-state index in [0.29, 0.717) is 5.54 Å². The van der Waals surface area contributed by atoms with Crippen LogP contribution in [-0.4, -0.2) is 12.1 Å². The number of nitrogens with one attached hydrogen (secondary N) is 1. The predicted molar refractivity (Wildman–Crippen MR) is 75.8 cm³/mol. The van der Waals surface area contributed by atoms with Crippen molar-refractivity contribution in [3.8, 4) is 0 Å². The van der Waals surface area contributed by atoms with Crippen LogP contribution < -0.4 is 5.32 Å². The fraction of sp³-hybridized carbons (Fsp3) is 0.538. The van der Waals surface area contributed by atoms with E-state index in [4.69, 9.17) is 0 Å². The Morgan fingerprint density at radius 1 is 1.31 bits per heavy atom. The third-order valence-electron chi connectivity index (χ3n) is 3.54. The second kappa shape index (κ2) is 5.19. The van der Waals surface area contributed by atoms with E-state index in [1.165, 1.54) is 31.4 Å². The smallest absolute Gasteiger partial charge is 0.0320 e. The summed E-state index contributed by atoms with van der Waals surface area (Å²) in [6, 6.07) is 6.56. The summed E-state index contributed by atoms with van der Waals surface area (Å²) >= 11 is 7.08. The highest BCUT2D eigenvalue weighted by Crippen LogP contribution is 2.30. The fourth-order valence-corrected chi connectivity index (χ4v) is 3.16. The Bertz CT molecular complexity index is 370. The molecule has 0 saturated carbocycles. The van der Waals surface area contributed by atoms with Gasteiger partial charge < -0.3 is 5.32 Å². The van der Waals surface area contributed by atoms with Gasteiger partial charge in [0.15, 0.2) is 0 Å². The maximum absolute atomic E-state index is 3.68. The number of hydrogen-bond acceptors (Lipinski definition) is 1. The van der Waals surface area contributed by atoms with Gasteiger partial charge >= 0.3 is 0 Å². The van der Waals surface area contributed by atoms with Crippen LogP contribution >= 0.6 is 31.9 Å². The molecule has 1 N–H and O–H groups in total. The van der Waals surface area contributed by atoms with Crippen molar-refractivity contribution in [2.45, 2.75) is 38.1 Å². The van der Waals surface area contributed by atoms with Crippen LogP contribution in [0, 0.1) is 0 Å². The van der Waals surface area contributed by atoms with Gasteiger partial charge in [-0.3, -0.25) is 0 Å². The molecular weight excluding hydrogens is 330 g/mol. The molecule has 1 aromatic carbocycles. The van der Waals surface area contributed by atoms with Gasteiger partial charge in [0, 0.05) is 14.5 Å². The lowest BCUT2D eigenvalue weighted by Crippen LogP contribution is -2.41. The van der Waals surface area contributed by atoms with Crippen molar-refractivity contribution in [3.63, 3.8) is 0 Å². The normalized spacial score (nSPS) is 24.9. The van der Waals surface area contributed by atoms with Gasteiger partial charge in [0.1, 0.15) is 0 Å². The minimum Gasteiger partial charge on any atom is -0.311 e. The van der Waals surface area contributed by atoms with Crippen LogP contribution in [0.1, 0.15) is 31.7 Å². The van der Waals surface area contributed by atoms with Crippen molar-refractivity contribution in [1.82, 2.24) is 5.32 Å². The van der Waals surface area contributed by atoms with E-state index in [-0.39, 0.29) is 0 Å². The number of halogens is 2. The van der Waals surface area contributed by atoms with Crippen molar-refractivity contribution in [2.75, 3.05) is 6.54 Å². The molecule has 1 unspecified atom stereocenters. The summed E-state index contributed by atoms with van der Waals surface area (Å²) in [5.74, 6) is 0. The highest BCUT2D eigenvalue weighted by atomic mass is 79.9. The third-order valence-corrected chi connectivity index (χ3v) is 5.42. The monoisotopic (exact) mass is 345 g/mol.